The van der Waals surface area contributed by atoms with Crippen LogP contribution in [0.2, 0.25) is 0 Å². The van der Waals surface area contributed by atoms with Crippen LogP contribution in [0.3, 0.4) is 0 Å². The first-order valence-corrected chi connectivity index (χ1v) is 8.35. The van der Waals surface area contributed by atoms with Crippen LogP contribution in [0.15, 0.2) is 40.3 Å². The van der Waals surface area contributed by atoms with Crippen LogP contribution >= 0.6 is 0 Å². The molecule has 1 aliphatic heterocycles. The average molecular weight is 354 g/mol. The summed E-state index contributed by atoms with van der Waals surface area (Å²) < 4.78 is 0. The number of nitrogens with one attached hydrogen (secondary N) is 3. The lowest BCUT2D eigenvalue weighted by atomic mass is 9.69. The number of Topliss-reactive ketones (excluding diaryl/α,β-unsaturated/α-hetero) is 1. The van der Waals surface area contributed by atoms with Gasteiger partial charge in [0.2, 0.25) is 0 Å². The number of nitro benzene ring substituents is 1. The highest BCUT2D eigenvalue weighted by molar-refractivity contribution is 6.01. The van der Waals surface area contributed by atoms with Gasteiger partial charge in [-0.05, 0) is 17.4 Å². The molecule has 0 unspecified atom stereocenters. The summed E-state index contributed by atoms with van der Waals surface area (Å²) in [5, 5.41) is 19.7. The van der Waals surface area contributed by atoms with E-state index in [-0.39, 0.29) is 22.4 Å². The molecule has 1 atom stereocenters. The summed E-state index contributed by atoms with van der Waals surface area (Å²) in [6, 6.07) is 6.13. The van der Waals surface area contributed by atoms with Gasteiger partial charge in [0.15, 0.2) is 5.78 Å². The van der Waals surface area contributed by atoms with Gasteiger partial charge in [-0.1, -0.05) is 26.0 Å². The number of nitrogens with zero attached hydrogens (tertiary/aromatic N) is 1. The fourth-order valence-corrected chi connectivity index (χ4v) is 3.97. The number of carbonyl (C=O) groups is 1. The third-order valence-electron chi connectivity index (χ3n) is 5.00. The van der Waals surface area contributed by atoms with E-state index in [0.717, 1.165) is 5.70 Å². The molecular formula is C18H18N4O4. The summed E-state index contributed by atoms with van der Waals surface area (Å²) in [4.78, 5) is 36.0. The molecule has 0 saturated carbocycles. The number of benzene rings is 1. The highest BCUT2D eigenvalue weighted by atomic mass is 16.6. The Labute approximate surface area is 148 Å². The quantitative estimate of drug-likeness (QED) is 0.565. The first-order valence-electron chi connectivity index (χ1n) is 8.35. The average Bonchev–Trinajstić information content (AvgIpc) is 2.92. The zero-order valence-corrected chi connectivity index (χ0v) is 14.4. The number of allylic oxidation sites excluding steroid dienone is 2. The molecule has 4 rings (SSSR count). The minimum absolute atomic E-state index is 0.0356. The van der Waals surface area contributed by atoms with E-state index in [1.165, 1.54) is 12.1 Å². The second-order valence-corrected chi connectivity index (χ2v) is 7.61. The number of hydrogen-bond acceptors (Lipinski definition) is 5. The molecule has 0 saturated heterocycles. The fourth-order valence-electron chi connectivity index (χ4n) is 3.97. The first kappa shape index (κ1) is 16.3. The number of rotatable bonds is 2. The maximum absolute atomic E-state index is 12.9. The lowest BCUT2D eigenvalue weighted by molar-refractivity contribution is -0.384. The molecule has 8 heteroatoms. The van der Waals surface area contributed by atoms with Crippen molar-refractivity contribution in [1.29, 1.82) is 0 Å². The number of aromatic amines is 2. The standard InChI is InChI=1S/C18H18N4O4/c1-18(2)7-11-14(12(23)8-18)13(15-16(19-11)20-21-17(15)24)9-4-3-5-10(6-9)22(25)26/h3-6,13H,7-8H2,1-2H3,(H3,19,20,21,24)/t13-/m1/s1. The topological polar surface area (TPSA) is 121 Å². The van der Waals surface area contributed by atoms with E-state index in [9.17, 15) is 19.7 Å². The Bertz CT molecular complexity index is 1030. The minimum Gasteiger partial charge on any atom is -0.343 e. The van der Waals surface area contributed by atoms with E-state index in [2.05, 4.69) is 15.5 Å². The summed E-state index contributed by atoms with van der Waals surface area (Å²) in [5.74, 6) is -0.151. The second kappa shape index (κ2) is 5.42. The van der Waals surface area contributed by atoms with Crippen LogP contribution < -0.4 is 10.9 Å². The van der Waals surface area contributed by atoms with E-state index >= 15 is 0 Å². The summed E-state index contributed by atoms with van der Waals surface area (Å²) in [6.07, 6.45) is 1.03. The van der Waals surface area contributed by atoms with Crippen molar-refractivity contribution >= 4 is 17.3 Å². The van der Waals surface area contributed by atoms with Crippen LogP contribution in [0.5, 0.6) is 0 Å². The van der Waals surface area contributed by atoms with Gasteiger partial charge in [-0.15, -0.1) is 0 Å². The van der Waals surface area contributed by atoms with Crippen LogP contribution in [-0.2, 0) is 4.79 Å². The molecule has 0 fully saturated rings. The summed E-state index contributed by atoms with van der Waals surface area (Å²) >= 11 is 0. The zero-order chi connectivity index (χ0) is 18.6. The molecule has 0 radical (unpaired) electrons. The predicted octanol–water partition coefficient (Wildman–Crippen LogP) is 2.81. The number of carbonyl (C=O) groups excluding carboxylic acids is 1. The maximum atomic E-state index is 12.9. The fraction of sp³-hybridized carbons (Fsp3) is 0.333. The van der Waals surface area contributed by atoms with Crippen molar-refractivity contribution in [3.63, 3.8) is 0 Å². The molecular weight excluding hydrogens is 336 g/mol. The highest BCUT2D eigenvalue weighted by Gasteiger charge is 2.42. The van der Waals surface area contributed by atoms with Gasteiger partial charge >= 0.3 is 0 Å². The zero-order valence-electron chi connectivity index (χ0n) is 14.4. The monoisotopic (exact) mass is 354 g/mol. The summed E-state index contributed by atoms with van der Waals surface area (Å²) in [6.45, 7) is 4.04. The Kier molecular flexibility index (Phi) is 3.40. The first-order chi connectivity index (χ1) is 12.3. The summed E-state index contributed by atoms with van der Waals surface area (Å²) in [5.41, 5.74) is 1.65. The second-order valence-electron chi connectivity index (χ2n) is 7.61. The molecule has 2 aliphatic rings. The Morgan fingerprint density at radius 2 is 1.96 bits per heavy atom. The van der Waals surface area contributed by atoms with Crippen molar-refractivity contribution in [2.75, 3.05) is 5.32 Å². The molecule has 3 N–H and O–H groups in total. The van der Waals surface area contributed by atoms with Gasteiger partial charge in [0.05, 0.1) is 10.5 Å². The van der Waals surface area contributed by atoms with E-state index < -0.39 is 10.8 Å². The molecule has 1 aromatic heterocycles. The van der Waals surface area contributed by atoms with Gasteiger partial charge in [0, 0.05) is 35.7 Å². The third-order valence-corrected chi connectivity index (χ3v) is 5.00. The van der Waals surface area contributed by atoms with Crippen LogP contribution in [0.1, 0.15) is 43.7 Å². The number of anilines is 1. The number of nitro groups is 1. The van der Waals surface area contributed by atoms with Gasteiger partial charge in [-0.3, -0.25) is 29.9 Å². The Morgan fingerprint density at radius 3 is 2.69 bits per heavy atom. The predicted molar refractivity (Wildman–Crippen MR) is 95.0 cm³/mol. The number of H-pyrrole nitrogens is 2. The molecule has 0 spiro atoms. The van der Waals surface area contributed by atoms with Gasteiger partial charge < -0.3 is 5.32 Å². The van der Waals surface area contributed by atoms with Crippen LogP contribution in [-0.4, -0.2) is 20.9 Å². The van der Waals surface area contributed by atoms with Crippen molar-refractivity contribution < 1.29 is 9.72 Å². The Balaban J connectivity index is 1.95. The molecule has 0 amide bonds. The smallest absolute Gasteiger partial charge is 0.270 e. The number of non-ortho nitro benzene ring substituents is 1. The van der Waals surface area contributed by atoms with Gasteiger partial charge in [0.1, 0.15) is 5.82 Å². The number of aromatic nitrogens is 2. The van der Waals surface area contributed by atoms with E-state index in [0.29, 0.717) is 35.4 Å². The lowest BCUT2D eigenvalue weighted by Crippen LogP contribution is -2.35. The van der Waals surface area contributed by atoms with E-state index in [1.54, 1.807) is 12.1 Å². The largest absolute Gasteiger partial charge is 0.343 e. The minimum atomic E-state index is -0.625. The van der Waals surface area contributed by atoms with Gasteiger partial charge in [-0.2, -0.15) is 0 Å². The van der Waals surface area contributed by atoms with Crippen molar-refractivity contribution in [3.05, 3.63) is 67.1 Å². The summed E-state index contributed by atoms with van der Waals surface area (Å²) in [7, 11) is 0. The van der Waals surface area contributed by atoms with Crippen LogP contribution in [0.4, 0.5) is 11.5 Å². The molecule has 8 nitrogen and oxygen atoms in total. The van der Waals surface area contributed by atoms with Gasteiger partial charge in [-0.25, -0.2) is 0 Å². The lowest BCUT2D eigenvalue weighted by Gasteiger charge is -2.37. The SMILES string of the molecule is CC1(C)CC(=O)C2=C(C1)Nc1[nH][nH]c(=O)c1[C@@H]2c1cccc([N+](=O)[O-])c1. The third kappa shape index (κ3) is 2.45. The Morgan fingerprint density at radius 1 is 1.19 bits per heavy atom. The maximum Gasteiger partial charge on any atom is 0.270 e. The normalized spacial score (nSPS) is 21.0. The van der Waals surface area contributed by atoms with Crippen molar-refractivity contribution in [2.45, 2.75) is 32.6 Å². The van der Waals surface area contributed by atoms with Crippen molar-refractivity contribution in [2.24, 2.45) is 5.41 Å². The van der Waals surface area contributed by atoms with Crippen LogP contribution in [0, 0.1) is 15.5 Å². The molecule has 134 valence electrons. The number of fused-ring (bicyclic) bond motifs is 1. The Hall–Kier alpha value is -3.16. The van der Waals surface area contributed by atoms with Crippen LogP contribution in [0.25, 0.3) is 0 Å². The highest BCUT2D eigenvalue weighted by Crippen LogP contribution is 2.47. The molecule has 26 heavy (non-hydrogen) atoms. The van der Waals surface area contributed by atoms with E-state index in [4.69, 9.17) is 0 Å². The molecule has 1 aliphatic carbocycles. The van der Waals surface area contributed by atoms with Crippen molar-refractivity contribution in [1.82, 2.24) is 10.2 Å². The number of hydrogen-bond donors (Lipinski definition) is 3. The molecule has 2 aromatic rings. The van der Waals surface area contributed by atoms with E-state index in [1.807, 2.05) is 13.8 Å². The van der Waals surface area contributed by atoms with Crippen molar-refractivity contribution in [3.8, 4) is 0 Å². The van der Waals surface area contributed by atoms with Gasteiger partial charge in [0.25, 0.3) is 11.2 Å². The molecule has 2 heterocycles. The number of ketones is 1. The molecule has 1 aromatic carbocycles. The molecule has 0 bridgehead atoms.